The average molecular weight is 313 g/mol. The highest BCUT2D eigenvalue weighted by molar-refractivity contribution is 5.95. The SMILES string of the molecule is CCOc1ccccc1NC(=O)[C@@H](CC)Oc1ccccc1C. The Morgan fingerprint density at radius 3 is 2.35 bits per heavy atom. The van der Waals surface area contributed by atoms with E-state index in [-0.39, 0.29) is 5.91 Å². The van der Waals surface area contributed by atoms with E-state index >= 15 is 0 Å². The van der Waals surface area contributed by atoms with Crippen LogP contribution in [0.2, 0.25) is 0 Å². The lowest BCUT2D eigenvalue weighted by atomic mass is 10.2. The smallest absolute Gasteiger partial charge is 0.265 e. The summed E-state index contributed by atoms with van der Waals surface area (Å²) in [5, 5.41) is 2.90. The molecule has 2 rings (SSSR count). The number of carbonyl (C=O) groups excluding carboxylic acids is 1. The topological polar surface area (TPSA) is 47.6 Å². The number of hydrogen-bond donors (Lipinski definition) is 1. The fourth-order valence-electron chi connectivity index (χ4n) is 2.23. The van der Waals surface area contributed by atoms with Crippen LogP contribution in [0, 0.1) is 6.92 Å². The minimum atomic E-state index is -0.550. The number of para-hydroxylation sites is 3. The first-order chi connectivity index (χ1) is 11.2. The minimum Gasteiger partial charge on any atom is -0.492 e. The van der Waals surface area contributed by atoms with Gasteiger partial charge in [0, 0.05) is 0 Å². The second kappa shape index (κ2) is 8.22. The summed E-state index contributed by atoms with van der Waals surface area (Å²) in [6.45, 7) is 6.35. The van der Waals surface area contributed by atoms with E-state index in [0.717, 1.165) is 11.3 Å². The van der Waals surface area contributed by atoms with Crippen molar-refractivity contribution in [1.29, 1.82) is 0 Å². The van der Waals surface area contributed by atoms with Crippen molar-refractivity contribution in [3.63, 3.8) is 0 Å². The maximum absolute atomic E-state index is 12.5. The molecular formula is C19H23NO3. The van der Waals surface area contributed by atoms with Crippen LogP contribution in [0.5, 0.6) is 11.5 Å². The van der Waals surface area contributed by atoms with Crippen LogP contribution < -0.4 is 14.8 Å². The van der Waals surface area contributed by atoms with E-state index in [0.29, 0.717) is 24.5 Å². The van der Waals surface area contributed by atoms with Crippen LogP contribution in [0.25, 0.3) is 0 Å². The highest BCUT2D eigenvalue weighted by Crippen LogP contribution is 2.25. The van der Waals surface area contributed by atoms with Gasteiger partial charge in [-0.3, -0.25) is 4.79 Å². The summed E-state index contributed by atoms with van der Waals surface area (Å²) >= 11 is 0. The molecule has 4 nitrogen and oxygen atoms in total. The Labute approximate surface area is 137 Å². The van der Waals surface area contributed by atoms with Gasteiger partial charge in [-0.05, 0) is 44.0 Å². The Hall–Kier alpha value is -2.49. The number of anilines is 1. The molecule has 1 amide bonds. The Bertz CT molecular complexity index is 655. The van der Waals surface area contributed by atoms with Crippen LogP contribution >= 0.6 is 0 Å². The quantitative estimate of drug-likeness (QED) is 0.833. The molecule has 0 radical (unpaired) electrons. The van der Waals surface area contributed by atoms with Crippen molar-refractivity contribution in [3.8, 4) is 11.5 Å². The molecule has 1 atom stereocenters. The standard InChI is InChI=1S/C19H23NO3/c1-4-16(23-17-12-8-6-10-14(17)3)19(21)20-15-11-7-9-13-18(15)22-5-2/h6-13,16H,4-5H2,1-3H3,(H,20,21)/t16-/m1/s1. The first-order valence-corrected chi connectivity index (χ1v) is 7.90. The molecule has 0 unspecified atom stereocenters. The predicted octanol–water partition coefficient (Wildman–Crippen LogP) is 4.19. The number of hydrogen-bond acceptors (Lipinski definition) is 3. The van der Waals surface area contributed by atoms with Crippen molar-refractivity contribution in [3.05, 3.63) is 54.1 Å². The molecule has 23 heavy (non-hydrogen) atoms. The van der Waals surface area contributed by atoms with Crippen molar-refractivity contribution >= 4 is 11.6 Å². The maximum atomic E-state index is 12.5. The Morgan fingerprint density at radius 1 is 1.04 bits per heavy atom. The highest BCUT2D eigenvalue weighted by atomic mass is 16.5. The van der Waals surface area contributed by atoms with Crippen LogP contribution in [-0.2, 0) is 4.79 Å². The number of ether oxygens (including phenoxy) is 2. The van der Waals surface area contributed by atoms with Crippen LogP contribution in [-0.4, -0.2) is 18.6 Å². The molecular weight excluding hydrogens is 290 g/mol. The Balaban J connectivity index is 2.10. The largest absolute Gasteiger partial charge is 0.492 e. The molecule has 0 bridgehead atoms. The van der Waals surface area contributed by atoms with E-state index in [1.807, 2.05) is 69.3 Å². The van der Waals surface area contributed by atoms with Crippen molar-refractivity contribution in [2.75, 3.05) is 11.9 Å². The third kappa shape index (κ3) is 4.49. The summed E-state index contributed by atoms with van der Waals surface area (Å²) < 4.78 is 11.4. The molecule has 0 saturated heterocycles. The molecule has 2 aromatic carbocycles. The molecule has 0 aliphatic rings. The van der Waals surface area contributed by atoms with Gasteiger partial charge in [0.05, 0.1) is 12.3 Å². The number of carbonyl (C=O) groups is 1. The van der Waals surface area contributed by atoms with Gasteiger partial charge in [0.15, 0.2) is 6.10 Å². The summed E-state index contributed by atoms with van der Waals surface area (Å²) in [5.74, 6) is 1.21. The van der Waals surface area contributed by atoms with E-state index in [9.17, 15) is 4.79 Å². The third-order valence-electron chi connectivity index (χ3n) is 3.47. The predicted molar refractivity (Wildman–Crippen MR) is 92.1 cm³/mol. The second-order valence-electron chi connectivity index (χ2n) is 5.20. The number of benzene rings is 2. The molecule has 0 heterocycles. The van der Waals surface area contributed by atoms with Gasteiger partial charge in [-0.2, -0.15) is 0 Å². The van der Waals surface area contributed by atoms with Crippen LogP contribution in [0.15, 0.2) is 48.5 Å². The monoisotopic (exact) mass is 313 g/mol. The summed E-state index contributed by atoms with van der Waals surface area (Å²) in [6, 6.07) is 15.1. The lowest BCUT2D eigenvalue weighted by molar-refractivity contribution is -0.122. The van der Waals surface area contributed by atoms with E-state index in [2.05, 4.69) is 5.32 Å². The van der Waals surface area contributed by atoms with E-state index in [1.54, 1.807) is 0 Å². The number of aryl methyl sites for hydroxylation is 1. The molecule has 0 saturated carbocycles. The zero-order valence-electron chi connectivity index (χ0n) is 13.8. The normalized spacial score (nSPS) is 11.6. The van der Waals surface area contributed by atoms with Crippen molar-refractivity contribution < 1.29 is 14.3 Å². The van der Waals surface area contributed by atoms with Gasteiger partial charge >= 0.3 is 0 Å². The van der Waals surface area contributed by atoms with Crippen molar-refractivity contribution in [1.82, 2.24) is 0 Å². The van der Waals surface area contributed by atoms with E-state index < -0.39 is 6.10 Å². The summed E-state index contributed by atoms with van der Waals surface area (Å²) in [6.07, 6.45) is 0.0301. The molecule has 0 spiro atoms. The Morgan fingerprint density at radius 2 is 1.70 bits per heavy atom. The molecule has 0 aliphatic carbocycles. The molecule has 0 fully saturated rings. The van der Waals surface area contributed by atoms with Gasteiger partial charge in [0.1, 0.15) is 11.5 Å². The lowest BCUT2D eigenvalue weighted by Crippen LogP contribution is -2.32. The van der Waals surface area contributed by atoms with Gasteiger partial charge in [0.25, 0.3) is 5.91 Å². The molecule has 0 aliphatic heterocycles. The molecule has 122 valence electrons. The number of amides is 1. The zero-order valence-corrected chi connectivity index (χ0v) is 13.8. The average Bonchev–Trinajstić information content (AvgIpc) is 2.56. The van der Waals surface area contributed by atoms with Gasteiger partial charge in [-0.1, -0.05) is 37.3 Å². The van der Waals surface area contributed by atoms with Crippen molar-refractivity contribution in [2.45, 2.75) is 33.3 Å². The first-order valence-electron chi connectivity index (χ1n) is 7.90. The van der Waals surface area contributed by atoms with Gasteiger partial charge in [-0.15, -0.1) is 0 Å². The summed E-state index contributed by atoms with van der Waals surface area (Å²) in [7, 11) is 0. The lowest BCUT2D eigenvalue weighted by Gasteiger charge is -2.19. The third-order valence-corrected chi connectivity index (χ3v) is 3.47. The fraction of sp³-hybridized carbons (Fsp3) is 0.316. The van der Waals surface area contributed by atoms with Gasteiger partial charge < -0.3 is 14.8 Å². The molecule has 0 aromatic heterocycles. The Kier molecular flexibility index (Phi) is 6.03. The molecule has 1 N–H and O–H groups in total. The highest BCUT2D eigenvalue weighted by Gasteiger charge is 2.20. The van der Waals surface area contributed by atoms with E-state index in [4.69, 9.17) is 9.47 Å². The minimum absolute atomic E-state index is 0.178. The summed E-state index contributed by atoms with van der Waals surface area (Å²) in [4.78, 5) is 12.5. The van der Waals surface area contributed by atoms with Gasteiger partial charge in [0.2, 0.25) is 0 Å². The number of nitrogens with one attached hydrogen (secondary N) is 1. The van der Waals surface area contributed by atoms with E-state index in [1.165, 1.54) is 0 Å². The molecule has 4 heteroatoms. The maximum Gasteiger partial charge on any atom is 0.265 e. The second-order valence-corrected chi connectivity index (χ2v) is 5.20. The molecule has 2 aromatic rings. The fourth-order valence-corrected chi connectivity index (χ4v) is 2.23. The van der Waals surface area contributed by atoms with Crippen LogP contribution in [0.1, 0.15) is 25.8 Å². The number of rotatable bonds is 7. The van der Waals surface area contributed by atoms with Crippen LogP contribution in [0.3, 0.4) is 0 Å². The first kappa shape index (κ1) is 16.9. The van der Waals surface area contributed by atoms with Crippen molar-refractivity contribution in [2.24, 2.45) is 0 Å². The summed E-state index contributed by atoms with van der Waals surface area (Å²) in [5.41, 5.74) is 1.67. The van der Waals surface area contributed by atoms with Gasteiger partial charge in [-0.25, -0.2) is 0 Å². The zero-order chi connectivity index (χ0) is 16.7. The van der Waals surface area contributed by atoms with Crippen LogP contribution in [0.4, 0.5) is 5.69 Å².